The molecule has 0 spiro atoms. The Balaban J connectivity index is 1.80. The van der Waals surface area contributed by atoms with Gasteiger partial charge >= 0.3 is 0 Å². The molecule has 7 heteroatoms. The number of carbonyl (C=O) groups is 1. The van der Waals surface area contributed by atoms with Crippen LogP contribution < -0.4 is 0 Å². The van der Waals surface area contributed by atoms with E-state index >= 15 is 0 Å². The quantitative estimate of drug-likeness (QED) is 0.815. The van der Waals surface area contributed by atoms with Gasteiger partial charge in [0.25, 0.3) is 0 Å². The predicted molar refractivity (Wildman–Crippen MR) is 71.7 cm³/mol. The summed E-state index contributed by atoms with van der Waals surface area (Å²) in [7, 11) is 1.75. The fraction of sp³-hybridized carbons (Fsp3) is 0.417. The van der Waals surface area contributed by atoms with Crippen LogP contribution in [0.2, 0.25) is 0 Å². The van der Waals surface area contributed by atoms with Gasteiger partial charge < -0.3 is 9.32 Å². The summed E-state index contributed by atoms with van der Waals surface area (Å²) in [6.07, 6.45) is 2.40. The van der Waals surface area contributed by atoms with E-state index in [1.165, 1.54) is 11.8 Å². The van der Waals surface area contributed by atoms with E-state index in [1.807, 2.05) is 19.1 Å². The maximum absolute atomic E-state index is 11.9. The molecule has 0 fully saturated rings. The molecule has 0 aliphatic heterocycles. The van der Waals surface area contributed by atoms with Crippen LogP contribution in [0.1, 0.15) is 18.5 Å². The number of aromatic nitrogens is 3. The second kappa shape index (κ2) is 6.42. The fourth-order valence-corrected chi connectivity index (χ4v) is 2.22. The van der Waals surface area contributed by atoms with E-state index in [9.17, 15) is 4.79 Å². The van der Waals surface area contributed by atoms with Crippen molar-refractivity contribution in [2.75, 3.05) is 12.8 Å². The lowest BCUT2D eigenvalue weighted by Crippen LogP contribution is -2.27. The Hall–Kier alpha value is -1.76. The van der Waals surface area contributed by atoms with Gasteiger partial charge in [-0.25, -0.2) is 4.98 Å². The van der Waals surface area contributed by atoms with E-state index in [1.54, 1.807) is 18.2 Å². The minimum absolute atomic E-state index is 0.0178. The zero-order valence-electron chi connectivity index (χ0n) is 10.9. The monoisotopic (exact) mass is 280 g/mol. The Labute approximate surface area is 115 Å². The number of amides is 1. The van der Waals surface area contributed by atoms with E-state index in [2.05, 4.69) is 15.2 Å². The third-order valence-corrected chi connectivity index (χ3v) is 3.40. The first kappa shape index (κ1) is 13.7. The summed E-state index contributed by atoms with van der Waals surface area (Å²) in [5.74, 6) is 1.94. The van der Waals surface area contributed by atoms with Crippen molar-refractivity contribution in [3.05, 3.63) is 30.0 Å². The summed E-state index contributed by atoms with van der Waals surface area (Å²) >= 11 is 1.33. The molecule has 19 heavy (non-hydrogen) atoms. The van der Waals surface area contributed by atoms with Gasteiger partial charge in [0.15, 0.2) is 0 Å². The molecule has 2 aromatic rings. The Bertz CT molecular complexity index is 524. The number of hydrogen-bond acceptors (Lipinski definition) is 5. The molecule has 2 rings (SSSR count). The van der Waals surface area contributed by atoms with Crippen LogP contribution in [0, 0.1) is 0 Å². The van der Waals surface area contributed by atoms with Crippen LogP contribution in [0.25, 0.3) is 0 Å². The Morgan fingerprint density at radius 2 is 2.42 bits per heavy atom. The number of hydrogen-bond donors (Lipinski definition) is 1. The molecule has 0 radical (unpaired) electrons. The number of nitrogens with one attached hydrogen (secondary N) is 1. The van der Waals surface area contributed by atoms with Gasteiger partial charge in [0.05, 0.1) is 18.6 Å². The zero-order valence-corrected chi connectivity index (χ0v) is 11.7. The molecule has 0 unspecified atom stereocenters. The van der Waals surface area contributed by atoms with Crippen molar-refractivity contribution in [1.82, 2.24) is 20.1 Å². The molecule has 6 nitrogen and oxygen atoms in total. The van der Waals surface area contributed by atoms with Crippen molar-refractivity contribution in [3.8, 4) is 0 Å². The van der Waals surface area contributed by atoms with E-state index < -0.39 is 0 Å². The molecule has 1 amide bonds. The smallest absolute Gasteiger partial charge is 0.233 e. The molecule has 0 aliphatic carbocycles. The summed E-state index contributed by atoms with van der Waals surface area (Å²) in [6, 6.07) is 3.65. The summed E-state index contributed by atoms with van der Waals surface area (Å²) < 4.78 is 5.20. The molecule has 1 N–H and O–H groups in total. The minimum Gasteiger partial charge on any atom is -0.467 e. The van der Waals surface area contributed by atoms with Gasteiger partial charge in [0, 0.05) is 13.5 Å². The van der Waals surface area contributed by atoms with Crippen molar-refractivity contribution < 1.29 is 9.21 Å². The van der Waals surface area contributed by atoms with Gasteiger partial charge in [0.2, 0.25) is 11.1 Å². The average Bonchev–Trinajstić information content (AvgIpc) is 3.06. The highest BCUT2D eigenvalue weighted by Gasteiger charge is 2.12. The SMILES string of the molecule is CCc1nc(SCC(=O)N(C)Cc2ccco2)n[nH]1. The van der Waals surface area contributed by atoms with E-state index in [0.29, 0.717) is 17.5 Å². The van der Waals surface area contributed by atoms with Crippen molar-refractivity contribution in [2.24, 2.45) is 0 Å². The van der Waals surface area contributed by atoms with Crippen LogP contribution in [0.3, 0.4) is 0 Å². The van der Waals surface area contributed by atoms with Gasteiger partial charge in [-0.3, -0.25) is 9.89 Å². The molecular formula is C12H16N4O2S. The van der Waals surface area contributed by atoms with Crippen LogP contribution in [0.4, 0.5) is 0 Å². The molecule has 0 aliphatic rings. The topological polar surface area (TPSA) is 75.0 Å². The van der Waals surface area contributed by atoms with Gasteiger partial charge in [-0.15, -0.1) is 5.10 Å². The highest BCUT2D eigenvalue weighted by Crippen LogP contribution is 2.14. The Morgan fingerprint density at radius 1 is 1.58 bits per heavy atom. The lowest BCUT2D eigenvalue weighted by molar-refractivity contribution is -0.127. The van der Waals surface area contributed by atoms with Crippen LogP contribution in [0.5, 0.6) is 0 Å². The third-order valence-electron chi connectivity index (χ3n) is 2.57. The second-order valence-electron chi connectivity index (χ2n) is 4.04. The summed E-state index contributed by atoms with van der Waals surface area (Å²) in [5.41, 5.74) is 0. The molecular weight excluding hydrogens is 264 g/mol. The van der Waals surface area contributed by atoms with Gasteiger partial charge in [0.1, 0.15) is 11.6 Å². The highest BCUT2D eigenvalue weighted by molar-refractivity contribution is 7.99. The summed E-state index contributed by atoms with van der Waals surface area (Å²) in [6.45, 7) is 2.47. The number of aromatic amines is 1. The number of nitrogens with zero attached hydrogens (tertiary/aromatic N) is 3. The zero-order chi connectivity index (χ0) is 13.7. The van der Waals surface area contributed by atoms with Gasteiger partial charge in [-0.2, -0.15) is 0 Å². The number of carbonyl (C=O) groups excluding carboxylic acids is 1. The first-order chi connectivity index (χ1) is 9.19. The largest absolute Gasteiger partial charge is 0.467 e. The number of thioether (sulfide) groups is 1. The van der Waals surface area contributed by atoms with Crippen LogP contribution in [-0.2, 0) is 17.8 Å². The molecule has 0 bridgehead atoms. The van der Waals surface area contributed by atoms with Gasteiger partial charge in [-0.05, 0) is 12.1 Å². The molecule has 0 saturated heterocycles. The van der Waals surface area contributed by atoms with E-state index in [-0.39, 0.29) is 5.91 Å². The molecule has 0 saturated carbocycles. The lowest BCUT2D eigenvalue weighted by Gasteiger charge is -2.14. The number of furan rings is 1. The standard InChI is InChI=1S/C12H16N4O2S/c1-3-10-13-12(15-14-10)19-8-11(17)16(2)7-9-5-4-6-18-9/h4-6H,3,7-8H2,1-2H3,(H,13,14,15). The predicted octanol–water partition coefficient (Wildman–Crippen LogP) is 1.71. The van der Waals surface area contributed by atoms with Crippen LogP contribution in [-0.4, -0.2) is 38.8 Å². The third kappa shape index (κ3) is 3.85. The molecule has 0 aromatic carbocycles. The summed E-state index contributed by atoms with van der Waals surface area (Å²) in [5, 5.41) is 7.46. The van der Waals surface area contributed by atoms with Crippen molar-refractivity contribution in [2.45, 2.75) is 25.0 Å². The van der Waals surface area contributed by atoms with Gasteiger partial charge in [-0.1, -0.05) is 18.7 Å². The maximum atomic E-state index is 11.9. The average molecular weight is 280 g/mol. The Kier molecular flexibility index (Phi) is 4.62. The highest BCUT2D eigenvalue weighted by atomic mass is 32.2. The lowest BCUT2D eigenvalue weighted by atomic mass is 10.4. The van der Waals surface area contributed by atoms with Crippen molar-refractivity contribution in [3.63, 3.8) is 0 Å². The molecule has 102 valence electrons. The number of H-pyrrole nitrogens is 1. The minimum atomic E-state index is 0.0178. The Morgan fingerprint density at radius 3 is 3.05 bits per heavy atom. The first-order valence-corrected chi connectivity index (χ1v) is 6.98. The van der Waals surface area contributed by atoms with Crippen LogP contribution in [0.15, 0.2) is 28.0 Å². The molecule has 0 atom stereocenters. The maximum Gasteiger partial charge on any atom is 0.233 e. The number of aryl methyl sites for hydroxylation is 1. The fourth-order valence-electron chi connectivity index (χ4n) is 1.46. The first-order valence-electron chi connectivity index (χ1n) is 5.99. The molecule has 2 heterocycles. The van der Waals surface area contributed by atoms with Crippen molar-refractivity contribution in [1.29, 1.82) is 0 Å². The van der Waals surface area contributed by atoms with E-state index in [4.69, 9.17) is 4.42 Å². The summed E-state index contributed by atoms with van der Waals surface area (Å²) in [4.78, 5) is 17.8. The normalized spacial score (nSPS) is 10.6. The number of rotatable bonds is 6. The van der Waals surface area contributed by atoms with Crippen LogP contribution >= 0.6 is 11.8 Å². The van der Waals surface area contributed by atoms with E-state index in [0.717, 1.165) is 18.0 Å². The molecule has 2 aromatic heterocycles. The van der Waals surface area contributed by atoms with Crippen molar-refractivity contribution >= 4 is 17.7 Å². The second-order valence-corrected chi connectivity index (χ2v) is 4.98.